The first-order chi connectivity index (χ1) is 9.65. The highest BCUT2D eigenvalue weighted by atomic mass is 32.2. The van der Waals surface area contributed by atoms with E-state index in [1.807, 2.05) is 0 Å². The Hall–Kier alpha value is -2.02. The van der Waals surface area contributed by atoms with Crippen LogP contribution in [0.25, 0.3) is 6.08 Å². The van der Waals surface area contributed by atoms with E-state index in [-0.39, 0.29) is 5.91 Å². The smallest absolute Gasteiger partial charge is 0.326 e. The third-order valence-electron chi connectivity index (χ3n) is 3.21. The van der Waals surface area contributed by atoms with Crippen LogP contribution in [0.5, 0.6) is 0 Å². The number of carbonyl (C=O) groups is 2. The van der Waals surface area contributed by atoms with Crippen molar-refractivity contribution in [1.82, 2.24) is 4.90 Å². The van der Waals surface area contributed by atoms with Crippen LogP contribution in [0.4, 0.5) is 0 Å². The Kier molecular flexibility index (Phi) is 3.35. The number of thioether (sulfide) groups is 1. The highest BCUT2D eigenvalue weighted by molar-refractivity contribution is 8.18. The van der Waals surface area contributed by atoms with Crippen LogP contribution >= 0.6 is 11.8 Å². The third kappa shape index (κ3) is 2.36. The largest absolute Gasteiger partial charge is 0.480 e. The topological polar surface area (TPSA) is 83.1 Å². The Morgan fingerprint density at radius 3 is 3.15 bits per heavy atom. The van der Waals surface area contributed by atoms with Crippen LogP contribution in [-0.2, 0) is 9.59 Å². The summed E-state index contributed by atoms with van der Waals surface area (Å²) >= 11 is 1.20. The standard InChI is InChI=1S/C13H12N2O4S/c16-11-10(7-8-3-2-6-19-8)20-13(14-11)15-5-1-4-9(15)12(17)18/h2-3,6-7,9H,1,4-5H2,(H,17,18)/b10-7-/t9-/m1/s1. The summed E-state index contributed by atoms with van der Waals surface area (Å²) in [5.41, 5.74) is 0. The predicted octanol–water partition coefficient (Wildman–Crippen LogP) is 1.80. The SMILES string of the molecule is O=C1N=C(N2CCC[C@@H]2C(=O)O)S/C1=C\c1ccco1. The van der Waals surface area contributed by atoms with Crippen molar-refractivity contribution in [3.8, 4) is 0 Å². The number of likely N-dealkylation sites (tertiary alicyclic amines) is 1. The number of hydrogen-bond donors (Lipinski definition) is 1. The molecule has 1 atom stereocenters. The summed E-state index contributed by atoms with van der Waals surface area (Å²) in [6.45, 7) is 0.615. The minimum absolute atomic E-state index is 0.350. The number of amidine groups is 1. The van der Waals surface area contributed by atoms with Gasteiger partial charge in [0, 0.05) is 12.6 Å². The molecule has 1 saturated heterocycles. The molecular weight excluding hydrogens is 280 g/mol. The summed E-state index contributed by atoms with van der Waals surface area (Å²) in [5.74, 6) is -0.646. The zero-order valence-corrected chi connectivity index (χ0v) is 11.3. The van der Waals surface area contributed by atoms with Gasteiger partial charge in [0.2, 0.25) is 0 Å². The lowest BCUT2D eigenvalue weighted by atomic mass is 10.2. The molecule has 0 aliphatic carbocycles. The lowest BCUT2D eigenvalue weighted by molar-refractivity contribution is -0.140. The van der Waals surface area contributed by atoms with Crippen molar-refractivity contribution in [2.45, 2.75) is 18.9 Å². The molecule has 0 unspecified atom stereocenters. The van der Waals surface area contributed by atoms with E-state index in [1.165, 1.54) is 18.0 Å². The Balaban J connectivity index is 1.79. The van der Waals surface area contributed by atoms with E-state index in [0.717, 1.165) is 6.42 Å². The van der Waals surface area contributed by atoms with Crippen molar-refractivity contribution in [3.63, 3.8) is 0 Å². The van der Waals surface area contributed by atoms with Crippen molar-refractivity contribution in [2.24, 2.45) is 4.99 Å². The maximum absolute atomic E-state index is 11.9. The Morgan fingerprint density at radius 2 is 2.45 bits per heavy atom. The summed E-state index contributed by atoms with van der Waals surface area (Å²) in [5, 5.41) is 9.63. The predicted molar refractivity (Wildman–Crippen MR) is 74.1 cm³/mol. The number of rotatable bonds is 2. The second-order valence-electron chi connectivity index (χ2n) is 4.52. The molecule has 0 bridgehead atoms. The molecule has 1 N–H and O–H groups in total. The number of amides is 1. The van der Waals surface area contributed by atoms with Crippen molar-refractivity contribution >= 4 is 34.9 Å². The molecule has 0 radical (unpaired) electrons. The number of carboxylic acid groups (broad SMARTS) is 1. The summed E-state index contributed by atoms with van der Waals surface area (Å²) in [6.07, 6.45) is 4.52. The van der Waals surface area contributed by atoms with Gasteiger partial charge in [-0.3, -0.25) is 4.79 Å². The van der Waals surface area contributed by atoms with Crippen LogP contribution in [-0.4, -0.2) is 39.6 Å². The van der Waals surface area contributed by atoms with Crippen molar-refractivity contribution in [1.29, 1.82) is 0 Å². The zero-order valence-electron chi connectivity index (χ0n) is 10.5. The molecule has 2 aliphatic rings. The molecule has 20 heavy (non-hydrogen) atoms. The number of furan rings is 1. The lowest BCUT2D eigenvalue weighted by Crippen LogP contribution is -2.38. The first kappa shape index (κ1) is 13.0. The molecule has 3 rings (SSSR count). The zero-order chi connectivity index (χ0) is 14.1. The van der Waals surface area contributed by atoms with Gasteiger partial charge in [0.15, 0.2) is 5.17 Å². The van der Waals surface area contributed by atoms with Crippen molar-refractivity contribution in [3.05, 3.63) is 29.1 Å². The molecule has 0 saturated carbocycles. The molecule has 0 aromatic carbocycles. The molecule has 7 heteroatoms. The van der Waals surface area contributed by atoms with Gasteiger partial charge >= 0.3 is 5.97 Å². The minimum Gasteiger partial charge on any atom is -0.480 e. The van der Waals surface area contributed by atoms with Gasteiger partial charge in [-0.05, 0) is 36.7 Å². The van der Waals surface area contributed by atoms with E-state index in [9.17, 15) is 9.59 Å². The number of hydrogen-bond acceptors (Lipinski definition) is 5. The van der Waals surface area contributed by atoms with Gasteiger partial charge in [-0.2, -0.15) is 4.99 Å². The first-order valence-electron chi connectivity index (χ1n) is 6.20. The molecule has 2 aliphatic heterocycles. The Bertz CT molecular complexity index is 606. The van der Waals surface area contributed by atoms with Crippen LogP contribution in [0.2, 0.25) is 0 Å². The van der Waals surface area contributed by atoms with Gasteiger partial charge in [0.1, 0.15) is 11.8 Å². The average molecular weight is 292 g/mol. The normalized spacial score (nSPS) is 24.5. The van der Waals surface area contributed by atoms with Gasteiger partial charge in [0.05, 0.1) is 11.2 Å². The summed E-state index contributed by atoms with van der Waals surface area (Å²) in [7, 11) is 0. The Morgan fingerprint density at radius 1 is 1.60 bits per heavy atom. The highest BCUT2D eigenvalue weighted by Crippen LogP contribution is 2.33. The monoisotopic (exact) mass is 292 g/mol. The van der Waals surface area contributed by atoms with Crippen molar-refractivity contribution in [2.75, 3.05) is 6.54 Å². The van der Waals surface area contributed by atoms with Crippen LogP contribution in [0.3, 0.4) is 0 Å². The highest BCUT2D eigenvalue weighted by Gasteiger charge is 2.36. The fourth-order valence-electron chi connectivity index (χ4n) is 2.28. The van der Waals surface area contributed by atoms with E-state index in [1.54, 1.807) is 23.1 Å². The second kappa shape index (κ2) is 5.16. The first-order valence-corrected chi connectivity index (χ1v) is 7.02. The molecular formula is C13H12N2O4S. The summed E-state index contributed by atoms with van der Waals surface area (Å²) < 4.78 is 5.16. The number of nitrogens with zero attached hydrogens (tertiary/aromatic N) is 2. The van der Waals surface area contributed by atoms with E-state index in [2.05, 4.69) is 4.99 Å². The van der Waals surface area contributed by atoms with E-state index >= 15 is 0 Å². The number of carbonyl (C=O) groups excluding carboxylic acids is 1. The van der Waals surface area contributed by atoms with Gasteiger partial charge < -0.3 is 14.4 Å². The molecule has 1 aromatic heterocycles. The summed E-state index contributed by atoms with van der Waals surface area (Å²) in [6, 6.07) is 2.89. The molecule has 104 valence electrons. The maximum Gasteiger partial charge on any atom is 0.326 e. The van der Waals surface area contributed by atoms with Gasteiger partial charge in [-0.1, -0.05) is 0 Å². The van der Waals surface area contributed by atoms with E-state index < -0.39 is 12.0 Å². The fourth-order valence-corrected chi connectivity index (χ4v) is 3.24. The van der Waals surface area contributed by atoms with Crippen LogP contribution < -0.4 is 0 Å². The molecule has 1 aromatic rings. The molecule has 1 fully saturated rings. The van der Waals surface area contributed by atoms with Crippen LogP contribution in [0.15, 0.2) is 32.7 Å². The molecule has 1 amide bonds. The second-order valence-corrected chi connectivity index (χ2v) is 5.52. The number of aliphatic imine (C=N–C) groups is 1. The van der Waals surface area contributed by atoms with E-state index in [0.29, 0.717) is 28.8 Å². The van der Waals surface area contributed by atoms with Gasteiger partial charge in [-0.25, -0.2) is 4.79 Å². The maximum atomic E-state index is 11.9. The average Bonchev–Trinajstić information content (AvgIpc) is 3.11. The fraction of sp³-hybridized carbons (Fsp3) is 0.308. The van der Waals surface area contributed by atoms with Crippen molar-refractivity contribution < 1.29 is 19.1 Å². The Labute approximate surface area is 119 Å². The van der Waals surface area contributed by atoms with Crippen LogP contribution in [0, 0.1) is 0 Å². The number of aliphatic carboxylic acids is 1. The molecule has 0 spiro atoms. The lowest BCUT2D eigenvalue weighted by Gasteiger charge is -2.21. The minimum atomic E-state index is -0.873. The van der Waals surface area contributed by atoms with Gasteiger partial charge in [0.25, 0.3) is 5.91 Å². The van der Waals surface area contributed by atoms with E-state index in [4.69, 9.17) is 9.52 Å². The molecule has 3 heterocycles. The summed E-state index contributed by atoms with van der Waals surface area (Å²) in [4.78, 5) is 29.1. The van der Waals surface area contributed by atoms with Crippen LogP contribution in [0.1, 0.15) is 18.6 Å². The third-order valence-corrected chi connectivity index (χ3v) is 4.23. The molecule has 6 nitrogen and oxygen atoms in total. The van der Waals surface area contributed by atoms with Gasteiger partial charge in [-0.15, -0.1) is 0 Å². The quantitative estimate of drug-likeness (QED) is 0.837. The number of carboxylic acids is 1.